The Morgan fingerprint density at radius 2 is 1.58 bits per heavy atom. The van der Waals surface area contributed by atoms with Crippen LogP contribution in [0.5, 0.6) is 11.5 Å². The maximum Gasteiger partial charge on any atom is 0.139 e. The van der Waals surface area contributed by atoms with Gasteiger partial charge in [0.2, 0.25) is 0 Å². The second-order valence-electron chi connectivity index (χ2n) is 7.82. The quantitative estimate of drug-likeness (QED) is 0.479. The molecule has 1 atom stereocenters. The van der Waals surface area contributed by atoms with Gasteiger partial charge in [0.15, 0.2) is 0 Å². The molecule has 0 amide bonds. The lowest BCUT2D eigenvalue weighted by Crippen LogP contribution is -2.25. The second kappa shape index (κ2) is 8.06. The van der Waals surface area contributed by atoms with Crippen molar-refractivity contribution in [3.63, 3.8) is 0 Å². The lowest BCUT2D eigenvalue weighted by molar-refractivity contribution is 0.413. The van der Waals surface area contributed by atoms with Gasteiger partial charge in [0.1, 0.15) is 28.7 Å². The Labute approximate surface area is 191 Å². The van der Waals surface area contributed by atoms with Crippen LogP contribution < -0.4 is 15.2 Å². The second-order valence-corrected chi connectivity index (χ2v) is 7.82. The highest BCUT2D eigenvalue weighted by molar-refractivity contribution is 6.03. The fourth-order valence-electron chi connectivity index (χ4n) is 4.39. The van der Waals surface area contributed by atoms with Gasteiger partial charge in [-0.3, -0.25) is 4.98 Å². The van der Waals surface area contributed by atoms with Crippen molar-refractivity contribution in [1.82, 2.24) is 4.98 Å². The van der Waals surface area contributed by atoms with Gasteiger partial charge in [0, 0.05) is 22.9 Å². The van der Waals surface area contributed by atoms with Crippen molar-refractivity contribution in [3.8, 4) is 22.6 Å². The number of halogens is 1. The molecule has 1 aliphatic rings. The van der Waals surface area contributed by atoms with E-state index >= 15 is 0 Å². The molecular weight excluding hydrogens is 417 g/mol. The van der Waals surface area contributed by atoms with Crippen molar-refractivity contribution >= 4 is 5.84 Å². The summed E-state index contributed by atoms with van der Waals surface area (Å²) in [5.74, 6) is 1.41. The van der Waals surface area contributed by atoms with Crippen molar-refractivity contribution in [1.29, 1.82) is 0 Å². The minimum atomic E-state index is -1.00. The fraction of sp³-hybridized carbons (Fsp3) is 0.111. The largest absolute Gasteiger partial charge is 0.497 e. The number of aliphatic imine (C=N–C) groups is 1. The molecule has 0 fully saturated rings. The third-order valence-electron chi connectivity index (χ3n) is 6.01. The van der Waals surface area contributed by atoms with Crippen LogP contribution in [0.15, 0.2) is 90.2 Å². The summed E-state index contributed by atoms with van der Waals surface area (Å²) >= 11 is 0. The van der Waals surface area contributed by atoms with E-state index in [1.807, 2.05) is 54.6 Å². The van der Waals surface area contributed by atoms with Gasteiger partial charge in [-0.2, -0.15) is 0 Å². The molecule has 4 aromatic rings. The minimum Gasteiger partial charge on any atom is -0.497 e. The molecule has 33 heavy (non-hydrogen) atoms. The molecule has 0 bridgehead atoms. The zero-order valence-corrected chi connectivity index (χ0v) is 18.2. The first-order valence-corrected chi connectivity index (χ1v) is 10.5. The van der Waals surface area contributed by atoms with Gasteiger partial charge < -0.3 is 15.2 Å². The zero-order valence-electron chi connectivity index (χ0n) is 18.2. The standard InChI is InChI=1S/C27H22FN3O2/c1-32-22-9-6-19(7-10-22)27(25-14-21(28)8-11-24(25)26(29)31-27)20-5-3-4-17(12-20)18-13-23(33-2)16-30-15-18/h3-16H,1-2H3,(H2,29,31). The summed E-state index contributed by atoms with van der Waals surface area (Å²) in [7, 11) is 3.23. The molecule has 5 nitrogen and oxygen atoms in total. The van der Waals surface area contributed by atoms with Gasteiger partial charge in [0.05, 0.1) is 20.4 Å². The van der Waals surface area contributed by atoms with Crippen LogP contribution in [0.2, 0.25) is 0 Å². The average molecular weight is 439 g/mol. The third-order valence-corrected chi connectivity index (χ3v) is 6.01. The predicted molar refractivity (Wildman–Crippen MR) is 126 cm³/mol. The molecule has 6 heteroatoms. The molecule has 1 aromatic heterocycles. The van der Waals surface area contributed by atoms with E-state index in [2.05, 4.69) is 4.98 Å². The van der Waals surface area contributed by atoms with Gasteiger partial charge >= 0.3 is 0 Å². The smallest absolute Gasteiger partial charge is 0.139 e. The predicted octanol–water partition coefficient (Wildman–Crippen LogP) is 4.92. The number of aromatic nitrogens is 1. The maximum atomic E-state index is 14.5. The highest BCUT2D eigenvalue weighted by atomic mass is 19.1. The summed E-state index contributed by atoms with van der Waals surface area (Å²) in [5.41, 5.74) is 10.3. The van der Waals surface area contributed by atoms with Crippen LogP contribution in [0.25, 0.3) is 11.1 Å². The Morgan fingerprint density at radius 3 is 2.33 bits per heavy atom. The molecule has 2 N–H and O–H groups in total. The Hall–Kier alpha value is -4.19. The van der Waals surface area contributed by atoms with Gasteiger partial charge in [-0.05, 0) is 59.2 Å². The van der Waals surface area contributed by atoms with E-state index in [1.165, 1.54) is 12.1 Å². The van der Waals surface area contributed by atoms with Crippen LogP contribution in [0.1, 0.15) is 22.3 Å². The van der Waals surface area contributed by atoms with Crippen LogP contribution in [0, 0.1) is 5.82 Å². The number of pyridine rings is 1. The minimum absolute atomic E-state index is 0.343. The van der Waals surface area contributed by atoms with E-state index in [1.54, 1.807) is 32.7 Å². The first-order chi connectivity index (χ1) is 16.0. The average Bonchev–Trinajstić information content (AvgIpc) is 3.16. The lowest BCUT2D eigenvalue weighted by Gasteiger charge is -2.29. The van der Waals surface area contributed by atoms with E-state index in [0.717, 1.165) is 33.6 Å². The molecule has 164 valence electrons. The summed E-state index contributed by atoms with van der Waals surface area (Å²) in [5, 5.41) is 0. The van der Waals surface area contributed by atoms with Gasteiger partial charge in [-0.1, -0.05) is 30.3 Å². The molecule has 0 aliphatic carbocycles. The van der Waals surface area contributed by atoms with Crippen molar-refractivity contribution < 1.29 is 13.9 Å². The number of benzene rings is 3. The Balaban J connectivity index is 1.76. The molecule has 5 rings (SSSR count). The molecule has 1 aliphatic heterocycles. The number of nitrogens with two attached hydrogens (primary N) is 1. The number of fused-ring (bicyclic) bond motifs is 1. The number of rotatable bonds is 5. The highest BCUT2D eigenvalue weighted by Gasteiger charge is 2.43. The summed E-state index contributed by atoms with van der Waals surface area (Å²) < 4.78 is 25.2. The summed E-state index contributed by atoms with van der Waals surface area (Å²) in [4.78, 5) is 9.22. The van der Waals surface area contributed by atoms with Crippen molar-refractivity contribution in [2.45, 2.75) is 5.54 Å². The summed E-state index contributed by atoms with van der Waals surface area (Å²) in [6.07, 6.45) is 3.44. The topological polar surface area (TPSA) is 69.7 Å². The Kier molecular flexibility index (Phi) is 5.05. The van der Waals surface area contributed by atoms with Gasteiger partial charge in [-0.25, -0.2) is 9.38 Å². The Morgan fingerprint density at radius 1 is 0.788 bits per heavy atom. The van der Waals surface area contributed by atoms with Crippen molar-refractivity contribution in [2.75, 3.05) is 14.2 Å². The van der Waals surface area contributed by atoms with Crippen molar-refractivity contribution in [2.24, 2.45) is 10.7 Å². The number of hydrogen-bond donors (Lipinski definition) is 1. The zero-order chi connectivity index (χ0) is 23.0. The molecule has 0 saturated carbocycles. The van der Waals surface area contributed by atoms with E-state index in [-0.39, 0.29) is 5.82 Å². The van der Waals surface area contributed by atoms with Crippen LogP contribution >= 0.6 is 0 Å². The monoisotopic (exact) mass is 439 g/mol. The number of hydrogen-bond acceptors (Lipinski definition) is 5. The first-order valence-electron chi connectivity index (χ1n) is 10.5. The van der Waals surface area contributed by atoms with Crippen LogP contribution in [-0.4, -0.2) is 25.0 Å². The van der Waals surface area contributed by atoms with Crippen molar-refractivity contribution in [3.05, 3.63) is 113 Å². The number of nitrogens with zero attached hydrogens (tertiary/aromatic N) is 2. The van der Waals surface area contributed by atoms with E-state index in [4.69, 9.17) is 20.2 Å². The fourth-order valence-corrected chi connectivity index (χ4v) is 4.39. The molecule has 1 unspecified atom stereocenters. The molecule has 0 spiro atoms. The SMILES string of the molecule is COc1ccc(C2(c3cccc(-c4cncc(OC)c4)c3)N=C(N)c3ccc(F)cc32)cc1. The molecule has 3 aromatic carbocycles. The van der Waals surface area contributed by atoms with E-state index in [0.29, 0.717) is 17.1 Å². The van der Waals surface area contributed by atoms with E-state index in [9.17, 15) is 4.39 Å². The van der Waals surface area contributed by atoms with Crippen LogP contribution in [0.3, 0.4) is 0 Å². The summed E-state index contributed by atoms with van der Waals surface area (Å²) in [6, 6.07) is 22.1. The third kappa shape index (κ3) is 3.40. The first kappa shape index (κ1) is 20.7. The molecule has 0 radical (unpaired) electrons. The van der Waals surface area contributed by atoms with Gasteiger partial charge in [0.25, 0.3) is 0 Å². The van der Waals surface area contributed by atoms with Crippen LogP contribution in [-0.2, 0) is 5.54 Å². The summed E-state index contributed by atoms with van der Waals surface area (Å²) in [6.45, 7) is 0. The normalized spacial score (nSPS) is 16.8. The van der Waals surface area contributed by atoms with Gasteiger partial charge in [-0.15, -0.1) is 0 Å². The maximum absolute atomic E-state index is 14.5. The Bertz CT molecular complexity index is 1370. The van der Waals surface area contributed by atoms with Crippen LogP contribution in [0.4, 0.5) is 4.39 Å². The molecule has 2 heterocycles. The number of ether oxygens (including phenoxy) is 2. The van der Waals surface area contributed by atoms with E-state index < -0.39 is 5.54 Å². The lowest BCUT2D eigenvalue weighted by atomic mass is 9.77. The molecular formula is C27H22FN3O2. The number of amidine groups is 1. The highest BCUT2D eigenvalue weighted by Crippen LogP contribution is 2.47. The number of methoxy groups -OCH3 is 2. The molecule has 0 saturated heterocycles.